The van der Waals surface area contributed by atoms with Gasteiger partial charge in [0.25, 0.3) is 0 Å². The van der Waals surface area contributed by atoms with E-state index in [1.54, 1.807) is 11.8 Å². The van der Waals surface area contributed by atoms with Crippen LogP contribution in [0.1, 0.15) is 26.7 Å². The molecule has 1 rings (SSSR count). The van der Waals surface area contributed by atoms with Crippen LogP contribution < -0.4 is 5.32 Å². The van der Waals surface area contributed by atoms with Gasteiger partial charge in [0.05, 0.1) is 0 Å². The Hall–Kier alpha value is -0.710. The van der Waals surface area contributed by atoms with E-state index in [1.165, 1.54) is 0 Å². The molecule has 0 aromatic heterocycles. The third kappa shape index (κ3) is 9.77. The average molecular weight is 330 g/mol. The van der Waals surface area contributed by atoms with E-state index in [9.17, 15) is 4.79 Å². The van der Waals surface area contributed by atoms with Gasteiger partial charge in [-0.2, -0.15) is 0 Å². The molecule has 0 atom stereocenters. The van der Waals surface area contributed by atoms with Crippen molar-refractivity contribution < 1.29 is 9.53 Å². The molecule has 5 heteroatoms. The van der Waals surface area contributed by atoms with Crippen LogP contribution in [0.25, 0.3) is 0 Å². The molecule has 1 aromatic rings. The highest BCUT2D eigenvalue weighted by molar-refractivity contribution is 7.99. The fraction of sp³-hybridized carbons (Fsp3) is 0.562. The molecule has 0 bridgehead atoms. The zero-order valence-electron chi connectivity index (χ0n) is 12.7. The van der Waals surface area contributed by atoms with Crippen molar-refractivity contribution in [3.63, 3.8) is 0 Å². The van der Waals surface area contributed by atoms with Crippen molar-refractivity contribution in [2.45, 2.75) is 31.6 Å². The van der Waals surface area contributed by atoms with Crippen molar-refractivity contribution in [1.29, 1.82) is 0 Å². The highest BCUT2D eigenvalue weighted by Gasteiger charge is 2.02. The molecule has 0 heterocycles. The first kappa shape index (κ1) is 18.3. The lowest BCUT2D eigenvalue weighted by atomic mass is 10.2. The first-order valence-electron chi connectivity index (χ1n) is 7.30. The van der Waals surface area contributed by atoms with Gasteiger partial charge in [-0.1, -0.05) is 25.4 Å². The molecular formula is C16H24ClNO2S. The molecule has 0 aliphatic heterocycles. The number of carbonyl (C=O) groups is 1. The van der Waals surface area contributed by atoms with Crippen LogP contribution in [0.4, 0.5) is 0 Å². The van der Waals surface area contributed by atoms with Crippen LogP contribution >= 0.6 is 23.4 Å². The van der Waals surface area contributed by atoms with Crippen molar-refractivity contribution in [2.75, 3.05) is 25.5 Å². The Morgan fingerprint density at radius 1 is 1.33 bits per heavy atom. The van der Waals surface area contributed by atoms with E-state index in [-0.39, 0.29) is 5.91 Å². The highest BCUT2D eigenvalue weighted by Crippen LogP contribution is 2.20. The number of rotatable bonds is 10. The number of halogens is 1. The number of amides is 1. The van der Waals surface area contributed by atoms with Gasteiger partial charge in [-0.05, 0) is 36.6 Å². The number of benzene rings is 1. The summed E-state index contributed by atoms with van der Waals surface area (Å²) in [5.74, 6) is 1.43. The largest absolute Gasteiger partial charge is 0.381 e. The van der Waals surface area contributed by atoms with Gasteiger partial charge in [-0.25, -0.2) is 0 Å². The van der Waals surface area contributed by atoms with Crippen molar-refractivity contribution in [1.82, 2.24) is 5.32 Å². The first-order chi connectivity index (χ1) is 10.1. The van der Waals surface area contributed by atoms with Gasteiger partial charge in [-0.3, -0.25) is 4.79 Å². The van der Waals surface area contributed by atoms with E-state index in [1.807, 2.05) is 24.3 Å². The Morgan fingerprint density at radius 3 is 2.71 bits per heavy atom. The van der Waals surface area contributed by atoms with Crippen LogP contribution in [0.2, 0.25) is 5.02 Å². The second-order valence-electron chi connectivity index (χ2n) is 5.22. The summed E-state index contributed by atoms with van der Waals surface area (Å²) in [7, 11) is 0. The molecule has 1 N–H and O–H groups in total. The Balaban J connectivity index is 2.00. The fourth-order valence-electron chi connectivity index (χ4n) is 1.60. The third-order valence-electron chi connectivity index (χ3n) is 2.65. The molecule has 118 valence electrons. The molecule has 0 unspecified atom stereocenters. The molecule has 0 saturated heterocycles. The normalized spacial score (nSPS) is 10.9. The molecular weight excluding hydrogens is 306 g/mol. The van der Waals surface area contributed by atoms with E-state index >= 15 is 0 Å². The SMILES string of the molecule is CC(C)COCCCNC(=O)CCSc1ccc(Cl)cc1. The second kappa shape index (κ2) is 10.9. The molecule has 0 aliphatic carbocycles. The Morgan fingerprint density at radius 2 is 2.05 bits per heavy atom. The minimum atomic E-state index is 0.0975. The van der Waals surface area contributed by atoms with E-state index in [0.29, 0.717) is 25.5 Å². The van der Waals surface area contributed by atoms with Crippen molar-refractivity contribution in [3.05, 3.63) is 29.3 Å². The van der Waals surface area contributed by atoms with Crippen LogP contribution in [0, 0.1) is 5.92 Å². The number of ether oxygens (including phenoxy) is 1. The zero-order valence-corrected chi connectivity index (χ0v) is 14.3. The smallest absolute Gasteiger partial charge is 0.220 e. The summed E-state index contributed by atoms with van der Waals surface area (Å²) < 4.78 is 5.46. The summed E-state index contributed by atoms with van der Waals surface area (Å²) in [6.07, 6.45) is 1.39. The van der Waals surface area contributed by atoms with Crippen LogP contribution in [-0.2, 0) is 9.53 Å². The molecule has 0 spiro atoms. The van der Waals surface area contributed by atoms with Gasteiger partial charge in [0.2, 0.25) is 5.91 Å². The lowest BCUT2D eigenvalue weighted by Gasteiger charge is -2.08. The Kier molecular flexibility index (Phi) is 9.55. The first-order valence-corrected chi connectivity index (χ1v) is 8.67. The lowest BCUT2D eigenvalue weighted by Crippen LogP contribution is -2.25. The number of carbonyl (C=O) groups excluding carboxylic acids is 1. The summed E-state index contributed by atoms with van der Waals surface area (Å²) in [4.78, 5) is 12.8. The highest BCUT2D eigenvalue weighted by atomic mass is 35.5. The molecule has 21 heavy (non-hydrogen) atoms. The number of hydrogen-bond donors (Lipinski definition) is 1. The minimum Gasteiger partial charge on any atom is -0.381 e. The predicted octanol–water partition coefficient (Wildman–Crippen LogP) is 4.00. The molecule has 1 amide bonds. The zero-order chi connectivity index (χ0) is 15.5. The summed E-state index contributed by atoms with van der Waals surface area (Å²) in [6.45, 7) is 6.42. The minimum absolute atomic E-state index is 0.0975. The maximum absolute atomic E-state index is 11.6. The average Bonchev–Trinajstić information content (AvgIpc) is 2.44. The molecule has 3 nitrogen and oxygen atoms in total. The van der Waals surface area contributed by atoms with Crippen LogP contribution in [0.15, 0.2) is 29.2 Å². The maximum atomic E-state index is 11.6. The Labute approximate surface area is 136 Å². The van der Waals surface area contributed by atoms with E-state index < -0.39 is 0 Å². The lowest BCUT2D eigenvalue weighted by molar-refractivity contribution is -0.120. The number of nitrogens with one attached hydrogen (secondary N) is 1. The molecule has 0 aliphatic rings. The molecule has 0 fully saturated rings. The van der Waals surface area contributed by atoms with Gasteiger partial charge in [-0.15, -0.1) is 11.8 Å². The number of hydrogen-bond acceptors (Lipinski definition) is 3. The monoisotopic (exact) mass is 329 g/mol. The maximum Gasteiger partial charge on any atom is 0.220 e. The van der Waals surface area contributed by atoms with Crippen molar-refractivity contribution in [3.8, 4) is 0 Å². The van der Waals surface area contributed by atoms with Crippen LogP contribution in [-0.4, -0.2) is 31.4 Å². The van der Waals surface area contributed by atoms with Gasteiger partial charge < -0.3 is 10.1 Å². The summed E-state index contributed by atoms with van der Waals surface area (Å²) >= 11 is 7.49. The van der Waals surface area contributed by atoms with Gasteiger partial charge in [0.1, 0.15) is 0 Å². The van der Waals surface area contributed by atoms with E-state index in [2.05, 4.69) is 19.2 Å². The molecule has 0 radical (unpaired) electrons. The summed E-state index contributed by atoms with van der Waals surface area (Å²) in [6, 6.07) is 7.66. The van der Waals surface area contributed by atoms with Crippen LogP contribution in [0.3, 0.4) is 0 Å². The quantitative estimate of drug-likeness (QED) is 0.521. The second-order valence-corrected chi connectivity index (χ2v) is 6.83. The standard InChI is InChI=1S/C16H24ClNO2S/c1-13(2)12-20-10-3-9-18-16(19)8-11-21-15-6-4-14(17)5-7-15/h4-7,13H,3,8-12H2,1-2H3,(H,18,19). The van der Waals surface area contributed by atoms with Crippen LogP contribution in [0.5, 0.6) is 0 Å². The predicted molar refractivity (Wildman–Crippen MR) is 90.1 cm³/mol. The summed E-state index contributed by atoms with van der Waals surface area (Å²) in [5.41, 5.74) is 0. The van der Waals surface area contributed by atoms with E-state index in [4.69, 9.17) is 16.3 Å². The molecule has 1 aromatic carbocycles. The summed E-state index contributed by atoms with van der Waals surface area (Å²) in [5, 5.41) is 3.65. The van der Waals surface area contributed by atoms with Gasteiger partial charge >= 0.3 is 0 Å². The topological polar surface area (TPSA) is 38.3 Å². The van der Waals surface area contributed by atoms with Crippen molar-refractivity contribution in [2.24, 2.45) is 5.92 Å². The van der Waals surface area contributed by atoms with Crippen molar-refractivity contribution >= 4 is 29.3 Å². The fourth-order valence-corrected chi connectivity index (χ4v) is 2.58. The molecule has 0 saturated carbocycles. The Bertz CT molecular complexity index is 409. The third-order valence-corrected chi connectivity index (χ3v) is 3.92. The van der Waals surface area contributed by atoms with Gasteiger partial charge in [0, 0.05) is 41.9 Å². The number of thioether (sulfide) groups is 1. The van der Waals surface area contributed by atoms with E-state index in [0.717, 1.165) is 28.7 Å². The van der Waals surface area contributed by atoms with Gasteiger partial charge in [0.15, 0.2) is 0 Å².